The Kier molecular flexibility index (Phi) is 7.32. The number of benzene rings is 1. The number of methoxy groups -OCH3 is 1. The number of anilines is 2. The summed E-state index contributed by atoms with van der Waals surface area (Å²) in [6.45, 7) is 0.287. The molecule has 0 aliphatic carbocycles. The molecular weight excluding hydrogens is 520 g/mol. The average Bonchev–Trinajstić information content (AvgIpc) is 3.30. The molecule has 0 radical (unpaired) electrons. The Bertz CT molecular complexity index is 1650. The number of aromatic hydroxyl groups is 1. The van der Waals surface area contributed by atoms with Gasteiger partial charge in [-0.3, -0.25) is 9.67 Å². The molecule has 196 valence electrons. The number of pyridine rings is 1. The summed E-state index contributed by atoms with van der Waals surface area (Å²) in [6.07, 6.45) is 7.14. The van der Waals surface area contributed by atoms with Crippen LogP contribution in [0.2, 0.25) is 0 Å². The van der Waals surface area contributed by atoms with E-state index in [0.29, 0.717) is 39.7 Å². The summed E-state index contributed by atoms with van der Waals surface area (Å²) < 4.78 is 53.5. The van der Waals surface area contributed by atoms with E-state index in [2.05, 4.69) is 20.1 Å². The van der Waals surface area contributed by atoms with Gasteiger partial charge >= 0.3 is 0 Å². The number of hydrogen-bond acceptors (Lipinski definition) is 11. The molecule has 12 nitrogen and oxygen atoms in total. The second kappa shape index (κ2) is 10.3. The lowest BCUT2D eigenvalue weighted by Gasteiger charge is -2.24. The molecule has 0 amide bonds. The SMILES string of the molecule is COc1cc(O)cc(N(CCS(C)(=O)=O)c2ccc3ncc(-c4cnn(CCS(C)(=O)=O)c4)nc3n2)c1. The summed E-state index contributed by atoms with van der Waals surface area (Å²) >= 11 is 0. The van der Waals surface area contributed by atoms with Gasteiger partial charge in [0.25, 0.3) is 0 Å². The molecular formula is C23H26N6O6S2. The zero-order valence-electron chi connectivity index (χ0n) is 20.4. The number of aryl methyl sites for hydroxylation is 1. The average molecular weight is 547 g/mol. The van der Waals surface area contributed by atoms with Crippen LogP contribution in [0.5, 0.6) is 11.5 Å². The number of ether oxygens (including phenoxy) is 1. The predicted molar refractivity (Wildman–Crippen MR) is 140 cm³/mol. The lowest BCUT2D eigenvalue weighted by molar-refractivity contribution is 0.408. The van der Waals surface area contributed by atoms with Gasteiger partial charge in [-0.1, -0.05) is 0 Å². The van der Waals surface area contributed by atoms with Crippen molar-refractivity contribution in [2.45, 2.75) is 6.54 Å². The first kappa shape index (κ1) is 26.3. The van der Waals surface area contributed by atoms with Crippen LogP contribution >= 0.6 is 0 Å². The maximum atomic E-state index is 11.9. The quantitative estimate of drug-likeness (QED) is 0.309. The van der Waals surface area contributed by atoms with Crippen molar-refractivity contribution in [2.75, 3.05) is 42.6 Å². The molecule has 37 heavy (non-hydrogen) atoms. The van der Waals surface area contributed by atoms with Gasteiger partial charge in [-0.05, 0) is 12.1 Å². The Morgan fingerprint density at radius 1 is 1.00 bits per heavy atom. The van der Waals surface area contributed by atoms with Crippen LogP contribution in [0.25, 0.3) is 22.4 Å². The monoisotopic (exact) mass is 546 g/mol. The van der Waals surface area contributed by atoms with Gasteiger partial charge in [-0.2, -0.15) is 5.10 Å². The van der Waals surface area contributed by atoms with Crippen LogP contribution in [0.4, 0.5) is 11.5 Å². The molecule has 0 bridgehead atoms. The molecule has 14 heteroatoms. The largest absolute Gasteiger partial charge is 0.508 e. The second-order valence-corrected chi connectivity index (χ2v) is 13.1. The minimum Gasteiger partial charge on any atom is -0.508 e. The van der Waals surface area contributed by atoms with E-state index in [4.69, 9.17) is 4.74 Å². The molecule has 0 aliphatic heterocycles. The van der Waals surface area contributed by atoms with E-state index < -0.39 is 19.7 Å². The summed E-state index contributed by atoms with van der Waals surface area (Å²) in [6, 6.07) is 8.01. The molecule has 0 saturated carbocycles. The molecule has 3 heterocycles. The lowest BCUT2D eigenvalue weighted by atomic mass is 10.2. The first-order valence-corrected chi connectivity index (χ1v) is 15.2. The summed E-state index contributed by atoms with van der Waals surface area (Å²) in [5.74, 6) is 0.568. The van der Waals surface area contributed by atoms with Gasteiger partial charge in [0.15, 0.2) is 5.65 Å². The molecule has 1 aromatic carbocycles. The van der Waals surface area contributed by atoms with Crippen LogP contribution in [0, 0.1) is 0 Å². The number of hydrogen-bond donors (Lipinski definition) is 1. The number of phenols is 1. The summed E-state index contributed by atoms with van der Waals surface area (Å²) in [5.41, 5.74) is 2.46. The number of aromatic nitrogens is 5. The van der Waals surface area contributed by atoms with Gasteiger partial charge < -0.3 is 14.7 Å². The van der Waals surface area contributed by atoms with Crippen LogP contribution in [-0.4, -0.2) is 84.3 Å². The van der Waals surface area contributed by atoms with Crippen molar-refractivity contribution in [1.82, 2.24) is 24.7 Å². The first-order valence-electron chi connectivity index (χ1n) is 11.1. The molecule has 1 N–H and O–H groups in total. The summed E-state index contributed by atoms with van der Waals surface area (Å²) in [5, 5.41) is 14.4. The van der Waals surface area contributed by atoms with E-state index in [9.17, 15) is 21.9 Å². The Morgan fingerprint density at radius 3 is 2.46 bits per heavy atom. The minimum absolute atomic E-state index is 0.0361. The Labute approximate surface area is 214 Å². The topological polar surface area (TPSA) is 157 Å². The second-order valence-electron chi connectivity index (χ2n) is 8.56. The fraction of sp³-hybridized carbons (Fsp3) is 0.304. The van der Waals surface area contributed by atoms with Gasteiger partial charge in [0.2, 0.25) is 0 Å². The van der Waals surface area contributed by atoms with Crippen molar-refractivity contribution in [3.63, 3.8) is 0 Å². The number of phenolic OH excluding ortho intramolecular Hbond substituents is 1. The van der Waals surface area contributed by atoms with E-state index in [1.807, 2.05) is 0 Å². The third-order valence-corrected chi connectivity index (χ3v) is 7.25. The van der Waals surface area contributed by atoms with Crippen LogP contribution in [0.1, 0.15) is 0 Å². The summed E-state index contributed by atoms with van der Waals surface area (Å²) in [7, 11) is -4.96. The van der Waals surface area contributed by atoms with Gasteiger partial charge in [-0.15, -0.1) is 0 Å². The highest BCUT2D eigenvalue weighted by molar-refractivity contribution is 7.90. The highest BCUT2D eigenvalue weighted by atomic mass is 32.2. The van der Waals surface area contributed by atoms with Gasteiger partial charge in [0.1, 0.15) is 42.5 Å². The van der Waals surface area contributed by atoms with Gasteiger partial charge in [0.05, 0.1) is 43.2 Å². The van der Waals surface area contributed by atoms with Gasteiger partial charge in [0, 0.05) is 54.7 Å². The van der Waals surface area contributed by atoms with E-state index in [1.165, 1.54) is 30.2 Å². The lowest BCUT2D eigenvalue weighted by Crippen LogP contribution is -2.25. The normalized spacial score (nSPS) is 12.1. The number of fused-ring (bicyclic) bond motifs is 1. The van der Waals surface area contributed by atoms with Crippen molar-refractivity contribution in [2.24, 2.45) is 0 Å². The Morgan fingerprint density at radius 2 is 1.76 bits per heavy atom. The molecule has 3 aromatic heterocycles. The summed E-state index contributed by atoms with van der Waals surface area (Å²) in [4.78, 5) is 15.3. The zero-order chi connectivity index (χ0) is 26.8. The van der Waals surface area contributed by atoms with Crippen LogP contribution in [-0.2, 0) is 26.2 Å². The molecule has 0 aliphatic rings. The van der Waals surface area contributed by atoms with Crippen LogP contribution in [0.3, 0.4) is 0 Å². The van der Waals surface area contributed by atoms with E-state index in [0.717, 1.165) is 6.26 Å². The van der Waals surface area contributed by atoms with Crippen molar-refractivity contribution in [3.8, 4) is 22.8 Å². The third-order valence-electron chi connectivity index (χ3n) is 5.40. The molecule has 0 fully saturated rings. The van der Waals surface area contributed by atoms with Crippen molar-refractivity contribution < 1.29 is 26.7 Å². The maximum absolute atomic E-state index is 11.9. The molecule has 0 unspecified atom stereocenters. The fourth-order valence-electron chi connectivity index (χ4n) is 3.53. The van der Waals surface area contributed by atoms with Crippen molar-refractivity contribution in [1.29, 1.82) is 0 Å². The van der Waals surface area contributed by atoms with E-state index >= 15 is 0 Å². The van der Waals surface area contributed by atoms with Crippen molar-refractivity contribution >= 4 is 42.3 Å². The number of sulfone groups is 2. The standard InChI is InChI=1S/C23H26N6O6S2/c1-35-19-11-17(10-18(30)12-19)29(7-9-37(3,33)34)22-5-4-20-23(27-22)26-21(14-24-20)16-13-25-28(15-16)6-8-36(2,31)32/h4-5,10-15,30H,6-9H2,1-3H3. The third kappa shape index (κ3) is 6.92. The smallest absolute Gasteiger partial charge is 0.180 e. The van der Waals surface area contributed by atoms with Gasteiger partial charge in [-0.25, -0.2) is 26.8 Å². The Hall–Kier alpha value is -3.78. The number of rotatable bonds is 10. The molecule has 4 rings (SSSR count). The predicted octanol–water partition coefficient (Wildman–Crippen LogP) is 1.83. The molecule has 0 saturated heterocycles. The minimum atomic E-state index is -3.30. The first-order chi connectivity index (χ1) is 17.4. The highest BCUT2D eigenvalue weighted by Gasteiger charge is 2.17. The van der Waals surface area contributed by atoms with Crippen LogP contribution in [0.15, 0.2) is 48.9 Å². The molecule has 0 atom stereocenters. The molecule has 0 spiro atoms. The van der Waals surface area contributed by atoms with E-state index in [1.54, 1.807) is 41.7 Å². The van der Waals surface area contributed by atoms with Crippen molar-refractivity contribution in [3.05, 3.63) is 48.9 Å². The number of nitrogens with zero attached hydrogens (tertiary/aromatic N) is 6. The molecule has 4 aromatic rings. The maximum Gasteiger partial charge on any atom is 0.180 e. The fourth-order valence-corrected chi connectivity index (χ4v) is 4.56. The van der Waals surface area contributed by atoms with Crippen LogP contribution < -0.4 is 9.64 Å². The Balaban J connectivity index is 1.71. The highest BCUT2D eigenvalue weighted by Crippen LogP contribution is 2.32. The zero-order valence-corrected chi connectivity index (χ0v) is 22.1. The van der Waals surface area contributed by atoms with E-state index in [-0.39, 0.29) is 30.3 Å².